The Morgan fingerprint density at radius 3 is 2.61 bits per heavy atom. The first kappa shape index (κ1) is 24.5. The van der Waals surface area contributed by atoms with Gasteiger partial charge in [0.25, 0.3) is 0 Å². The number of amidine groups is 1. The summed E-state index contributed by atoms with van der Waals surface area (Å²) in [5.74, 6) is 1.10. The van der Waals surface area contributed by atoms with E-state index in [9.17, 15) is 14.3 Å². The number of nitrogens with zero attached hydrogens (tertiary/aromatic N) is 2. The van der Waals surface area contributed by atoms with Crippen LogP contribution in [-0.4, -0.2) is 53.8 Å². The van der Waals surface area contributed by atoms with Gasteiger partial charge in [0.15, 0.2) is 0 Å². The van der Waals surface area contributed by atoms with Crippen LogP contribution in [0.3, 0.4) is 0 Å². The number of carbonyl (C=O) groups excluding carboxylic acids is 1. The molecule has 178 valence electrons. The van der Waals surface area contributed by atoms with Crippen LogP contribution in [0.4, 0.5) is 14.9 Å². The molecule has 2 N–H and O–H groups in total. The number of benzene rings is 2. The van der Waals surface area contributed by atoms with Crippen molar-refractivity contribution in [2.24, 2.45) is 4.99 Å². The van der Waals surface area contributed by atoms with E-state index < -0.39 is 23.8 Å². The zero-order chi connectivity index (χ0) is 24.2. The second kappa shape index (κ2) is 10.2. The topological polar surface area (TPSA) is 83.4 Å². The lowest BCUT2D eigenvalue weighted by Gasteiger charge is -2.23. The van der Waals surface area contributed by atoms with Gasteiger partial charge in [-0.3, -0.25) is 0 Å². The van der Waals surface area contributed by atoms with E-state index in [-0.39, 0.29) is 5.82 Å². The van der Waals surface area contributed by atoms with E-state index >= 15 is 0 Å². The molecule has 0 unspecified atom stereocenters. The lowest BCUT2D eigenvalue weighted by atomic mass is 10.1. The first-order valence-electron chi connectivity index (χ1n) is 11.0. The predicted octanol–water partition coefficient (Wildman–Crippen LogP) is 4.37. The summed E-state index contributed by atoms with van der Waals surface area (Å²) in [6, 6.07) is 11.1. The van der Waals surface area contributed by atoms with Gasteiger partial charge < -0.3 is 24.8 Å². The highest BCUT2D eigenvalue weighted by molar-refractivity contribution is 5.82. The number of carbonyl (C=O) groups is 1. The summed E-state index contributed by atoms with van der Waals surface area (Å²) < 4.78 is 24.0. The summed E-state index contributed by atoms with van der Waals surface area (Å²) in [7, 11) is 1.91. The minimum absolute atomic E-state index is 0.298. The van der Waals surface area contributed by atoms with Gasteiger partial charge in [-0.15, -0.1) is 0 Å². The Kier molecular flexibility index (Phi) is 7.58. The molecular weight excluding hydrogens is 425 g/mol. The number of hydrogen-bond donors (Lipinski definition) is 2. The van der Waals surface area contributed by atoms with E-state index in [2.05, 4.69) is 10.3 Å². The second-order valence-electron chi connectivity index (χ2n) is 9.16. The van der Waals surface area contributed by atoms with E-state index in [1.807, 2.05) is 37.1 Å². The number of aliphatic hydroxyl groups excluding tert-OH is 1. The second-order valence-corrected chi connectivity index (χ2v) is 9.16. The van der Waals surface area contributed by atoms with Crippen LogP contribution in [0.15, 0.2) is 47.5 Å². The number of rotatable bonds is 6. The quantitative estimate of drug-likeness (QED) is 0.497. The van der Waals surface area contributed by atoms with Gasteiger partial charge >= 0.3 is 6.09 Å². The number of fused-ring (bicyclic) bond motifs is 1. The minimum atomic E-state index is -0.723. The number of ether oxygens (including phenoxy) is 2. The number of alkyl carbamates (subject to hydrolysis) is 1. The Morgan fingerprint density at radius 2 is 1.94 bits per heavy atom. The van der Waals surface area contributed by atoms with Crippen LogP contribution >= 0.6 is 0 Å². The Hall–Kier alpha value is -3.13. The fourth-order valence-corrected chi connectivity index (χ4v) is 3.55. The summed E-state index contributed by atoms with van der Waals surface area (Å²) in [6.45, 7) is 8.30. The highest BCUT2D eigenvalue weighted by atomic mass is 19.1. The summed E-state index contributed by atoms with van der Waals surface area (Å²) in [5, 5.41) is 13.3. The molecule has 0 saturated carbocycles. The first-order chi connectivity index (χ1) is 15.5. The van der Waals surface area contributed by atoms with Crippen LogP contribution in [0, 0.1) is 5.82 Å². The highest BCUT2D eigenvalue weighted by Crippen LogP contribution is 2.34. The highest BCUT2D eigenvalue weighted by Gasteiger charge is 2.33. The molecule has 0 fully saturated rings. The number of halogens is 1. The maximum Gasteiger partial charge on any atom is 0.408 e. The van der Waals surface area contributed by atoms with Crippen LogP contribution in [0.1, 0.15) is 44.9 Å². The Bertz CT molecular complexity index is 1000. The number of hydrogen-bond acceptors (Lipinski definition) is 5. The zero-order valence-corrected chi connectivity index (χ0v) is 19.8. The average Bonchev–Trinajstić information content (AvgIpc) is 3.02. The molecule has 0 aromatic heterocycles. The van der Waals surface area contributed by atoms with Crippen molar-refractivity contribution >= 4 is 17.6 Å². The molecule has 0 aliphatic heterocycles. The van der Waals surface area contributed by atoms with Crippen LogP contribution < -0.4 is 10.1 Å². The molecule has 0 saturated heterocycles. The molecule has 8 heteroatoms. The minimum Gasteiger partial charge on any atom is -0.492 e. The molecule has 2 atom stereocenters. The van der Waals surface area contributed by atoms with Crippen molar-refractivity contribution in [1.29, 1.82) is 0 Å². The molecule has 3 rings (SSSR count). The fourth-order valence-electron chi connectivity index (χ4n) is 3.55. The van der Waals surface area contributed by atoms with Crippen molar-refractivity contribution in [2.45, 2.75) is 51.9 Å². The molecule has 0 spiro atoms. The maximum absolute atomic E-state index is 13.0. The third kappa shape index (κ3) is 6.92. The summed E-state index contributed by atoms with van der Waals surface area (Å²) in [4.78, 5) is 18.9. The predicted molar refractivity (Wildman–Crippen MR) is 126 cm³/mol. The third-order valence-corrected chi connectivity index (χ3v) is 5.30. The smallest absolute Gasteiger partial charge is 0.408 e. The Labute approximate surface area is 194 Å². The van der Waals surface area contributed by atoms with E-state index in [4.69, 9.17) is 9.47 Å². The molecule has 2 aromatic carbocycles. The third-order valence-electron chi connectivity index (χ3n) is 5.30. The van der Waals surface area contributed by atoms with Gasteiger partial charge in [0.05, 0.1) is 24.4 Å². The van der Waals surface area contributed by atoms with E-state index in [1.54, 1.807) is 32.9 Å². The molecule has 1 amide bonds. The standard InChI is InChI=1S/C25H32FN3O4/c1-16(29(5)12-13-32-20-10-7-18(26)8-11-20)27-19-9-6-17-14-22(30)23(21(17)15-19)28-24(31)33-25(2,3)4/h6-11,15,22-23,30H,12-14H2,1-5H3,(H,28,31)/b27-16+/t22-,23-/m1/s1. The summed E-state index contributed by atoms with van der Waals surface area (Å²) in [5.41, 5.74) is 1.92. The maximum atomic E-state index is 13.0. The largest absolute Gasteiger partial charge is 0.492 e. The zero-order valence-electron chi connectivity index (χ0n) is 19.8. The fraction of sp³-hybridized carbons (Fsp3) is 0.440. The molecule has 0 bridgehead atoms. The van der Waals surface area contributed by atoms with Gasteiger partial charge in [-0.1, -0.05) is 6.07 Å². The van der Waals surface area contributed by atoms with Gasteiger partial charge in [0, 0.05) is 13.5 Å². The van der Waals surface area contributed by atoms with Gasteiger partial charge in [0.1, 0.15) is 29.6 Å². The van der Waals surface area contributed by atoms with E-state index in [0.29, 0.717) is 25.3 Å². The molecule has 33 heavy (non-hydrogen) atoms. The van der Waals surface area contributed by atoms with Crippen LogP contribution in [0.5, 0.6) is 5.75 Å². The van der Waals surface area contributed by atoms with Crippen molar-refractivity contribution in [3.05, 3.63) is 59.4 Å². The van der Waals surface area contributed by atoms with Gasteiger partial charge in [-0.25, -0.2) is 14.2 Å². The average molecular weight is 458 g/mol. The molecule has 0 radical (unpaired) electrons. The molecule has 1 aliphatic carbocycles. The molecule has 2 aromatic rings. The summed E-state index contributed by atoms with van der Waals surface area (Å²) in [6.07, 6.45) is -0.830. The first-order valence-corrected chi connectivity index (χ1v) is 11.0. The molecular formula is C25H32FN3O4. The molecule has 7 nitrogen and oxygen atoms in total. The number of likely N-dealkylation sites (N-methyl/N-ethyl adjacent to an activating group) is 1. The van der Waals surface area contributed by atoms with Crippen LogP contribution in [-0.2, 0) is 11.2 Å². The van der Waals surface area contributed by atoms with Crippen molar-refractivity contribution in [3.8, 4) is 5.75 Å². The number of amides is 1. The van der Waals surface area contributed by atoms with Gasteiger partial charge in [-0.2, -0.15) is 0 Å². The number of aliphatic imine (C=N–C) groups is 1. The Balaban J connectivity index is 1.63. The van der Waals surface area contributed by atoms with Crippen molar-refractivity contribution in [2.75, 3.05) is 20.2 Å². The van der Waals surface area contributed by atoms with Crippen molar-refractivity contribution < 1.29 is 23.8 Å². The van der Waals surface area contributed by atoms with E-state index in [0.717, 1.165) is 22.6 Å². The van der Waals surface area contributed by atoms with Crippen LogP contribution in [0.2, 0.25) is 0 Å². The lowest BCUT2D eigenvalue weighted by molar-refractivity contribution is 0.0438. The summed E-state index contributed by atoms with van der Waals surface area (Å²) >= 11 is 0. The van der Waals surface area contributed by atoms with Crippen molar-refractivity contribution in [1.82, 2.24) is 10.2 Å². The number of aliphatic hydroxyl groups is 1. The van der Waals surface area contributed by atoms with E-state index in [1.165, 1.54) is 12.1 Å². The number of nitrogens with one attached hydrogen (secondary N) is 1. The molecule has 1 aliphatic rings. The van der Waals surface area contributed by atoms with Crippen molar-refractivity contribution in [3.63, 3.8) is 0 Å². The molecule has 0 heterocycles. The monoisotopic (exact) mass is 457 g/mol. The SMILES string of the molecule is C/C(=N\c1ccc2c(c1)[C@@H](NC(=O)OC(C)(C)C)[C@H](O)C2)N(C)CCOc1ccc(F)cc1. The van der Waals surface area contributed by atoms with Gasteiger partial charge in [0.2, 0.25) is 0 Å². The lowest BCUT2D eigenvalue weighted by Crippen LogP contribution is -2.38. The normalized spacial score (nSPS) is 18.0. The van der Waals surface area contributed by atoms with Gasteiger partial charge in [-0.05, 0) is 75.2 Å². The Morgan fingerprint density at radius 1 is 1.24 bits per heavy atom. The van der Waals surface area contributed by atoms with Crippen LogP contribution in [0.25, 0.3) is 0 Å².